The van der Waals surface area contributed by atoms with E-state index in [1.165, 1.54) is 53.2 Å². The van der Waals surface area contributed by atoms with Crippen molar-refractivity contribution in [1.29, 1.82) is 0 Å². The van der Waals surface area contributed by atoms with E-state index in [4.69, 9.17) is 0 Å². The lowest BCUT2D eigenvalue weighted by molar-refractivity contribution is -0.0319. The third-order valence-corrected chi connectivity index (χ3v) is 8.12. The molecule has 1 fully saturated rings. The summed E-state index contributed by atoms with van der Waals surface area (Å²) in [6, 6.07) is 11.9. The number of aryl methyl sites for hydroxylation is 1. The number of unbranched alkanes of at least 4 members (excludes halogenated alkanes) is 3. The van der Waals surface area contributed by atoms with Gasteiger partial charge in [-0.05, 0) is 49.7 Å². The van der Waals surface area contributed by atoms with Gasteiger partial charge in [-0.1, -0.05) is 34.8 Å². The van der Waals surface area contributed by atoms with Gasteiger partial charge in [-0.25, -0.2) is 18.4 Å². The molecule has 0 amide bonds. The summed E-state index contributed by atoms with van der Waals surface area (Å²) in [5.41, 5.74) is -0.205. The molecule has 0 radical (unpaired) electrons. The summed E-state index contributed by atoms with van der Waals surface area (Å²) >= 11 is 3.54. The Morgan fingerprint density at radius 2 is 1.64 bits per heavy atom. The molecule has 1 atom stereocenters. The van der Waals surface area contributed by atoms with Crippen LogP contribution >= 0.6 is 15.9 Å². The number of fused-ring (bicyclic) bond motifs is 1. The van der Waals surface area contributed by atoms with E-state index in [2.05, 4.69) is 70.8 Å². The first-order chi connectivity index (χ1) is 18.9. The maximum atomic E-state index is 14.7. The van der Waals surface area contributed by atoms with Gasteiger partial charge in [0.2, 0.25) is 0 Å². The minimum Gasteiger partial charge on any atom is -0.382 e. The largest absolute Gasteiger partial charge is 0.382 e. The third kappa shape index (κ3) is 7.11. The van der Waals surface area contributed by atoms with Crippen LogP contribution in [0, 0.1) is 11.6 Å². The summed E-state index contributed by atoms with van der Waals surface area (Å²) in [5.74, 6) is -1.42. The summed E-state index contributed by atoms with van der Waals surface area (Å²) in [6.07, 6.45) is 9.77. The fourth-order valence-corrected chi connectivity index (χ4v) is 5.93. The highest BCUT2D eigenvalue weighted by atomic mass is 79.9. The van der Waals surface area contributed by atoms with Crippen LogP contribution < -0.4 is 0 Å². The van der Waals surface area contributed by atoms with Gasteiger partial charge in [0.15, 0.2) is 0 Å². The molecule has 1 N–H and O–H groups in total. The first-order valence-corrected chi connectivity index (χ1v) is 14.4. The molecule has 7 nitrogen and oxygen atoms in total. The number of aromatic nitrogens is 4. The molecule has 10 heteroatoms. The molecule has 39 heavy (non-hydrogen) atoms. The molecular weight excluding hydrogens is 566 g/mol. The van der Waals surface area contributed by atoms with Gasteiger partial charge in [0, 0.05) is 72.5 Å². The highest BCUT2D eigenvalue weighted by Gasteiger charge is 2.36. The summed E-state index contributed by atoms with van der Waals surface area (Å²) in [5, 5.41) is 16.9. The molecule has 1 unspecified atom stereocenters. The van der Waals surface area contributed by atoms with Crippen LogP contribution in [0.25, 0.3) is 10.9 Å². The van der Waals surface area contributed by atoms with Crippen molar-refractivity contribution in [2.45, 2.75) is 44.4 Å². The zero-order valence-corrected chi connectivity index (χ0v) is 23.6. The predicted octanol–water partition coefficient (Wildman–Crippen LogP) is 5.04. The summed E-state index contributed by atoms with van der Waals surface area (Å²) in [6.45, 7) is 5.71. The minimum atomic E-state index is -1.56. The fraction of sp³-hybridized carbons (Fsp3) is 0.448. The Hall–Kier alpha value is -2.66. The summed E-state index contributed by atoms with van der Waals surface area (Å²) < 4.78 is 33.2. The smallest absolute Gasteiger partial charge is 0.137 e. The van der Waals surface area contributed by atoms with Crippen LogP contribution in [-0.4, -0.2) is 73.5 Å². The van der Waals surface area contributed by atoms with Crippen LogP contribution in [0.3, 0.4) is 0 Å². The second kappa shape index (κ2) is 12.7. The number of aliphatic hydroxyl groups is 1. The van der Waals surface area contributed by atoms with Crippen LogP contribution in [0.5, 0.6) is 0 Å². The van der Waals surface area contributed by atoms with Gasteiger partial charge >= 0.3 is 0 Å². The van der Waals surface area contributed by atoms with Crippen molar-refractivity contribution < 1.29 is 13.9 Å². The van der Waals surface area contributed by atoms with Crippen molar-refractivity contribution >= 4 is 26.8 Å². The van der Waals surface area contributed by atoms with E-state index in [1.807, 2.05) is 0 Å². The Kier molecular flexibility index (Phi) is 9.06. The fourth-order valence-electron chi connectivity index (χ4n) is 5.55. The van der Waals surface area contributed by atoms with Crippen molar-refractivity contribution in [3.63, 3.8) is 0 Å². The normalized spacial score (nSPS) is 16.6. The van der Waals surface area contributed by atoms with Crippen LogP contribution in [0.4, 0.5) is 8.78 Å². The zero-order chi connectivity index (χ0) is 27.2. The number of β-amino-alcohol motifs (C(OH)–C–C–N with tert-alkyl or cyclic N) is 1. The number of rotatable bonds is 12. The maximum absolute atomic E-state index is 14.7. The van der Waals surface area contributed by atoms with Gasteiger partial charge < -0.3 is 14.6 Å². The second-order valence-electron chi connectivity index (χ2n) is 10.5. The molecule has 1 aliphatic heterocycles. The highest BCUT2D eigenvalue weighted by Crippen LogP contribution is 2.28. The molecule has 2 aromatic carbocycles. The Bertz CT molecular complexity index is 1360. The topological polar surface area (TPSA) is 62.4 Å². The second-order valence-corrected chi connectivity index (χ2v) is 11.4. The monoisotopic (exact) mass is 600 g/mol. The van der Waals surface area contributed by atoms with Gasteiger partial charge in [-0.2, -0.15) is 5.10 Å². The number of hydrogen-bond acceptors (Lipinski definition) is 5. The van der Waals surface area contributed by atoms with Crippen LogP contribution in [0.15, 0.2) is 65.8 Å². The quantitative estimate of drug-likeness (QED) is 0.231. The van der Waals surface area contributed by atoms with E-state index < -0.39 is 17.2 Å². The lowest BCUT2D eigenvalue weighted by Crippen LogP contribution is -2.52. The average Bonchev–Trinajstić information content (AvgIpc) is 3.56. The van der Waals surface area contributed by atoms with E-state index in [0.717, 1.165) is 62.6 Å². The molecule has 0 bridgehead atoms. The van der Waals surface area contributed by atoms with Gasteiger partial charge in [-0.3, -0.25) is 4.90 Å². The van der Waals surface area contributed by atoms with Crippen LogP contribution in [0.1, 0.15) is 31.2 Å². The zero-order valence-electron chi connectivity index (χ0n) is 22.0. The first kappa shape index (κ1) is 27.9. The van der Waals surface area contributed by atoms with E-state index >= 15 is 0 Å². The molecule has 1 aliphatic rings. The summed E-state index contributed by atoms with van der Waals surface area (Å²) in [4.78, 5) is 8.54. The van der Waals surface area contributed by atoms with E-state index in [0.29, 0.717) is 0 Å². The number of nitrogens with zero attached hydrogens (tertiary/aromatic N) is 6. The highest BCUT2D eigenvalue weighted by molar-refractivity contribution is 9.10. The minimum absolute atomic E-state index is 0.0338. The number of halogens is 3. The molecule has 208 valence electrons. The Balaban J connectivity index is 1.06. The van der Waals surface area contributed by atoms with Crippen molar-refractivity contribution in [3.8, 4) is 0 Å². The number of piperazine rings is 1. The van der Waals surface area contributed by atoms with Crippen LogP contribution in [0.2, 0.25) is 0 Å². The molecule has 0 saturated carbocycles. The van der Waals surface area contributed by atoms with Crippen molar-refractivity contribution in [1.82, 2.24) is 29.1 Å². The molecular formula is C29H35BrF2N6O. The molecule has 5 rings (SSSR count). The third-order valence-electron chi connectivity index (χ3n) is 7.63. The SMILES string of the molecule is OC(CN1CCN(CCCCCCn2ccc3cc(Br)ccc32)CC1)(Cn1cncn1)c1ccc(F)cc1F. The standard InChI is InChI=1S/C29H35BrF2N6O/c30-24-5-8-28-23(17-24)9-12-37(28)11-4-2-1-3-10-35-13-15-36(16-14-35)19-29(39,20-38-22-33-21-34-38)26-7-6-25(31)18-27(26)32/h5-9,12,17-18,21-22,39H,1-4,10-11,13-16,19-20H2. The number of benzene rings is 2. The van der Waals surface area contributed by atoms with Crippen molar-refractivity contribution in [3.05, 3.63) is 83.0 Å². The molecule has 2 aromatic heterocycles. The molecule has 0 spiro atoms. The average molecular weight is 602 g/mol. The van der Waals surface area contributed by atoms with Gasteiger partial charge in [0.25, 0.3) is 0 Å². The molecule has 4 aromatic rings. The molecule has 1 saturated heterocycles. The van der Waals surface area contributed by atoms with Gasteiger partial charge in [-0.15, -0.1) is 0 Å². The van der Waals surface area contributed by atoms with Crippen LogP contribution in [-0.2, 0) is 18.7 Å². The first-order valence-electron chi connectivity index (χ1n) is 13.6. The Morgan fingerprint density at radius 3 is 2.38 bits per heavy atom. The predicted molar refractivity (Wildman–Crippen MR) is 151 cm³/mol. The van der Waals surface area contributed by atoms with Gasteiger partial charge in [0.1, 0.15) is 29.9 Å². The van der Waals surface area contributed by atoms with Crippen molar-refractivity contribution in [2.24, 2.45) is 0 Å². The van der Waals surface area contributed by atoms with Gasteiger partial charge in [0.05, 0.1) is 6.54 Å². The Labute approximate surface area is 236 Å². The van der Waals surface area contributed by atoms with E-state index in [1.54, 1.807) is 0 Å². The summed E-state index contributed by atoms with van der Waals surface area (Å²) in [7, 11) is 0. The van der Waals surface area contributed by atoms with Crippen molar-refractivity contribution in [2.75, 3.05) is 39.3 Å². The lowest BCUT2D eigenvalue weighted by atomic mass is 9.92. The lowest BCUT2D eigenvalue weighted by Gasteiger charge is -2.39. The Morgan fingerprint density at radius 1 is 0.872 bits per heavy atom. The van der Waals surface area contributed by atoms with E-state index in [9.17, 15) is 13.9 Å². The molecule has 3 heterocycles. The van der Waals surface area contributed by atoms with E-state index in [-0.39, 0.29) is 18.7 Å². The number of hydrogen-bond donors (Lipinski definition) is 1. The molecule has 0 aliphatic carbocycles. The maximum Gasteiger partial charge on any atom is 0.137 e.